The number of aromatic nitrogens is 2. The molecule has 0 saturated carbocycles. The van der Waals surface area contributed by atoms with Gasteiger partial charge in [0.2, 0.25) is 0 Å². The Morgan fingerprint density at radius 3 is 2.62 bits per heavy atom. The lowest BCUT2D eigenvalue weighted by atomic mass is 10.0. The third-order valence-corrected chi connectivity index (χ3v) is 4.63. The van der Waals surface area contributed by atoms with E-state index in [0.717, 1.165) is 31.0 Å². The van der Waals surface area contributed by atoms with E-state index in [2.05, 4.69) is 34.5 Å². The summed E-state index contributed by atoms with van der Waals surface area (Å²) in [6.45, 7) is 10.2. The summed E-state index contributed by atoms with van der Waals surface area (Å²) in [6, 6.07) is 5.22. The van der Waals surface area contributed by atoms with Crippen LogP contribution in [-0.2, 0) is 11.3 Å². The van der Waals surface area contributed by atoms with E-state index in [-0.39, 0.29) is 35.9 Å². The van der Waals surface area contributed by atoms with Crippen LogP contribution in [0.3, 0.4) is 0 Å². The molecule has 1 aromatic carbocycles. The molecule has 2 aromatic rings. The monoisotopic (exact) mass is 517 g/mol. The van der Waals surface area contributed by atoms with Crippen LogP contribution in [0.15, 0.2) is 35.6 Å². The highest BCUT2D eigenvalue weighted by Gasteiger charge is 2.13. The molecule has 0 saturated heterocycles. The Balaban J connectivity index is 0.00000420. The van der Waals surface area contributed by atoms with Gasteiger partial charge in [0.15, 0.2) is 5.96 Å². The SMILES string of the molecule is CCOC(CCNC(=NC)NCc1ccc(-n2ccnc2C)c(F)c1)C(C)C.I. The van der Waals surface area contributed by atoms with E-state index in [1.165, 1.54) is 0 Å². The van der Waals surface area contributed by atoms with Gasteiger partial charge in [-0.3, -0.25) is 4.99 Å². The van der Waals surface area contributed by atoms with Gasteiger partial charge >= 0.3 is 0 Å². The highest BCUT2D eigenvalue weighted by molar-refractivity contribution is 14.0. The van der Waals surface area contributed by atoms with Crippen LogP contribution in [0.5, 0.6) is 0 Å². The van der Waals surface area contributed by atoms with Crippen LogP contribution in [0.4, 0.5) is 4.39 Å². The number of guanidine groups is 1. The second-order valence-corrected chi connectivity index (χ2v) is 7.01. The number of halogens is 2. The van der Waals surface area contributed by atoms with E-state index < -0.39 is 0 Å². The molecule has 0 bridgehead atoms. The fourth-order valence-electron chi connectivity index (χ4n) is 3.05. The summed E-state index contributed by atoms with van der Waals surface area (Å²) >= 11 is 0. The van der Waals surface area contributed by atoms with Gasteiger partial charge in [0, 0.05) is 39.1 Å². The van der Waals surface area contributed by atoms with E-state index in [9.17, 15) is 4.39 Å². The molecule has 29 heavy (non-hydrogen) atoms. The zero-order valence-electron chi connectivity index (χ0n) is 17.9. The van der Waals surface area contributed by atoms with Crippen molar-refractivity contribution >= 4 is 29.9 Å². The van der Waals surface area contributed by atoms with E-state index >= 15 is 0 Å². The van der Waals surface area contributed by atoms with Gasteiger partial charge in [0.1, 0.15) is 11.6 Å². The van der Waals surface area contributed by atoms with Gasteiger partial charge < -0.3 is 19.9 Å². The average molecular weight is 517 g/mol. The lowest BCUT2D eigenvalue weighted by molar-refractivity contribution is 0.0258. The highest BCUT2D eigenvalue weighted by atomic mass is 127. The Kier molecular flexibility index (Phi) is 11.2. The number of hydrogen-bond acceptors (Lipinski definition) is 3. The van der Waals surface area contributed by atoms with Crippen molar-refractivity contribution < 1.29 is 9.13 Å². The second kappa shape index (κ2) is 12.8. The first kappa shape index (κ1) is 25.4. The Hall–Kier alpha value is -1.68. The number of ether oxygens (including phenoxy) is 1. The van der Waals surface area contributed by atoms with E-state index in [0.29, 0.717) is 24.1 Å². The number of imidazole rings is 1. The number of aryl methyl sites for hydroxylation is 1. The highest BCUT2D eigenvalue weighted by Crippen LogP contribution is 2.16. The Bertz CT molecular complexity index is 778. The van der Waals surface area contributed by atoms with Crippen molar-refractivity contribution in [3.8, 4) is 5.69 Å². The first-order valence-electron chi connectivity index (χ1n) is 9.81. The zero-order chi connectivity index (χ0) is 20.5. The number of benzene rings is 1. The molecule has 6 nitrogen and oxygen atoms in total. The Morgan fingerprint density at radius 1 is 1.31 bits per heavy atom. The number of aliphatic imine (C=N–C) groups is 1. The third kappa shape index (κ3) is 7.58. The molecular formula is C21H33FIN5O. The summed E-state index contributed by atoms with van der Waals surface area (Å²) in [5.74, 6) is 1.63. The number of nitrogens with zero attached hydrogens (tertiary/aromatic N) is 3. The van der Waals surface area contributed by atoms with Crippen molar-refractivity contribution in [2.45, 2.75) is 46.8 Å². The molecule has 0 aliphatic carbocycles. The van der Waals surface area contributed by atoms with Crippen LogP contribution in [0.1, 0.15) is 38.6 Å². The van der Waals surface area contributed by atoms with Gasteiger partial charge in [-0.2, -0.15) is 0 Å². The van der Waals surface area contributed by atoms with E-state index in [1.54, 1.807) is 36.1 Å². The lowest BCUT2D eigenvalue weighted by Gasteiger charge is -2.21. The minimum Gasteiger partial charge on any atom is -0.378 e. The molecule has 162 valence electrons. The maximum absolute atomic E-state index is 14.5. The van der Waals surface area contributed by atoms with Crippen molar-refractivity contribution in [2.75, 3.05) is 20.2 Å². The van der Waals surface area contributed by atoms with Crippen molar-refractivity contribution in [3.05, 3.63) is 47.8 Å². The van der Waals surface area contributed by atoms with Crippen LogP contribution in [0.2, 0.25) is 0 Å². The molecule has 0 amide bonds. The minimum atomic E-state index is -0.278. The molecule has 2 rings (SSSR count). The minimum absolute atomic E-state index is 0. The predicted octanol–water partition coefficient (Wildman–Crippen LogP) is 4.05. The fraction of sp³-hybridized carbons (Fsp3) is 0.524. The van der Waals surface area contributed by atoms with Gasteiger partial charge in [-0.05, 0) is 43.9 Å². The summed E-state index contributed by atoms with van der Waals surface area (Å²) in [5.41, 5.74) is 1.34. The first-order chi connectivity index (χ1) is 13.5. The van der Waals surface area contributed by atoms with Gasteiger partial charge in [0.25, 0.3) is 0 Å². The van der Waals surface area contributed by atoms with E-state index in [1.807, 2.05) is 19.9 Å². The average Bonchev–Trinajstić information content (AvgIpc) is 3.09. The van der Waals surface area contributed by atoms with Gasteiger partial charge in [-0.15, -0.1) is 24.0 Å². The summed E-state index contributed by atoms with van der Waals surface area (Å²) < 4.78 is 22.0. The molecule has 1 atom stereocenters. The fourth-order valence-corrected chi connectivity index (χ4v) is 3.05. The molecule has 0 aliphatic rings. The molecule has 0 radical (unpaired) electrons. The van der Waals surface area contributed by atoms with Crippen LogP contribution >= 0.6 is 24.0 Å². The molecule has 0 fully saturated rings. The summed E-state index contributed by atoms with van der Waals surface area (Å²) in [5, 5.41) is 6.52. The molecule has 0 aliphatic heterocycles. The molecule has 1 aromatic heterocycles. The van der Waals surface area contributed by atoms with Crippen LogP contribution in [0.25, 0.3) is 5.69 Å². The first-order valence-corrected chi connectivity index (χ1v) is 9.81. The summed E-state index contributed by atoms with van der Waals surface area (Å²) in [4.78, 5) is 8.37. The van der Waals surface area contributed by atoms with Crippen molar-refractivity contribution in [3.63, 3.8) is 0 Å². The van der Waals surface area contributed by atoms with Crippen molar-refractivity contribution in [1.82, 2.24) is 20.2 Å². The molecule has 0 spiro atoms. The Morgan fingerprint density at radius 2 is 2.07 bits per heavy atom. The van der Waals surface area contributed by atoms with Crippen molar-refractivity contribution in [2.24, 2.45) is 10.9 Å². The van der Waals surface area contributed by atoms with Crippen LogP contribution in [-0.4, -0.2) is 41.8 Å². The number of nitrogens with one attached hydrogen (secondary N) is 2. The normalized spacial score (nSPS) is 12.6. The smallest absolute Gasteiger partial charge is 0.191 e. The van der Waals surface area contributed by atoms with Crippen LogP contribution in [0, 0.1) is 18.7 Å². The maximum Gasteiger partial charge on any atom is 0.191 e. The predicted molar refractivity (Wildman–Crippen MR) is 127 cm³/mol. The van der Waals surface area contributed by atoms with E-state index in [4.69, 9.17) is 4.74 Å². The Labute approximate surface area is 190 Å². The van der Waals surface area contributed by atoms with Crippen LogP contribution < -0.4 is 10.6 Å². The maximum atomic E-state index is 14.5. The molecular weight excluding hydrogens is 484 g/mol. The summed E-state index contributed by atoms with van der Waals surface area (Å²) in [7, 11) is 1.73. The van der Waals surface area contributed by atoms with Crippen molar-refractivity contribution in [1.29, 1.82) is 0 Å². The van der Waals surface area contributed by atoms with Gasteiger partial charge in [0.05, 0.1) is 11.8 Å². The lowest BCUT2D eigenvalue weighted by Crippen LogP contribution is -2.39. The number of rotatable bonds is 9. The summed E-state index contributed by atoms with van der Waals surface area (Å²) in [6.07, 6.45) is 4.54. The van der Waals surface area contributed by atoms with Gasteiger partial charge in [-0.25, -0.2) is 9.37 Å². The topological polar surface area (TPSA) is 63.5 Å². The molecule has 1 heterocycles. The molecule has 1 unspecified atom stereocenters. The second-order valence-electron chi connectivity index (χ2n) is 7.01. The molecule has 2 N–H and O–H groups in total. The third-order valence-electron chi connectivity index (χ3n) is 4.63. The number of hydrogen-bond donors (Lipinski definition) is 2. The zero-order valence-corrected chi connectivity index (χ0v) is 20.2. The quantitative estimate of drug-likeness (QED) is 0.299. The molecule has 8 heteroatoms. The standard InChI is InChI=1S/C21H32FN5O.HI/c1-6-28-20(15(2)3)9-10-25-21(23-5)26-14-17-7-8-19(18(22)13-17)27-12-11-24-16(27)4;/h7-8,11-13,15,20H,6,9-10,14H2,1-5H3,(H2,23,25,26);1H. The largest absolute Gasteiger partial charge is 0.378 e. The van der Waals surface area contributed by atoms with Gasteiger partial charge in [-0.1, -0.05) is 19.9 Å².